The fourth-order valence-corrected chi connectivity index (χ4v) is 1.80. The predicted molar refractivity (Wildman–Crippen MR) is 53.3 cm³/mol. The van der Waals surface area contributed by atoms with Crippen molar-refractivity contribution in [2.75, 3.05) is 33.0 Å². The molecule has 16 heavy (non-hydrogen) atoms. The average molecular weight is 241 g/mol. The van der Waals surface area contributed by atoms with Crippen LogP contribution in [-0.4, -0.2) is 45.2 Å². The lowest BCUT2D eigenvalue weighted by atomic mass is 10.00. The van der Waals surface area contributed by atoms with Crippen LogP contribution >= 0.6 is 0 Å². The second kappa shape index (κ2) is 6.42. The third-order valence-electron chi connectivity index (χ3n) is 2.56. The van der Waals surface area contributed by atoms with E-state index < -0.39 is 12.8 Å². The molecule has 1 aliphatic heterocycles. The largest absolute Gasteiger partial charge is 0.411 e. The van der Waals surface area contributed by atoms with Crippen LogP contribution in [0.1, 0.15) is 13.3 Å². The summed E-state index contributed by atoms with van der Waals surface area (Å²) in [5.41, 5.74) is 0. The monoisotopic (exact) mass is 241 g/mol. The molecule has 1 N–H and O–H groups in total. The van der Waals surface area contributed by atoms with Crippen LogP contribution in [0.25, 0.3) is 0 Å². The highest BCUT2D eigenvalue weighted by atomic mass is 19.4. The first kappa shape index (κ1) is 13.7. The molecule has 2 atom stereocenters. The van der Waals surface area contributed by atoms with Gasteiger partial charge in [-0.05, 0) is 13.0 Å². The highest BCUT2D eigenvalue weighted by molar-refractivity contribution is 4.79. The predicted octanol–water partition coefficient (Wildman–Crippen LogP) is 1.58. The van der Waals surface area contributed by atoms with Gasteiger partial charge in [0.05, 0.1) is 13.2 Å². The average Bonchev–Trinajstić information content (AvgIpc) is 2.67. The lowest BCUT2D eigenvalue weighted by Gasteiger charge is -2.23. The molecule has 0 aliphatic carbocycles. The van der Waals surface area contributed by atoms with E-state index in [-0.39, 0.29) is 18.6 Å². The molecular weight excluding hydrogens is 223 g/mol. The summed E-state index contributed by atoms with van der Waals surface area (Å²) in [5, 5.41) is 3.14. The van der Waals surface area contributed by atoms with Crippen LogP contribution in [0.2, 0.25) is 0 Å². The van der Waals surface area contributed by atoms with E-state index in [0.717, 1.165) is 13.0 Å². The Morgan fingerprint density at radius 1 is 1.50 bits per heavy atom. The van der Waals surface area contributed by atoms with Crippen molar-refractivity contribution in [3.05, 3.63) is 0 Å². The fourth-order valence-electron chi connectivity index (χ4n) is 1.80. The molecule has 0 aromatic carbocycles. The van der Waals surface area contributed by atoms with Crippen LogP contribution in [-0.2, 0) is 9.47 Å². The summed E-state index contributed by atoms with van der Waals surface area (Å²) in [6.45, 7) is 2.84. The highest BCUT2D eigenvalue weighted by Crippen LogP contribution is 2.19. The van der Waals surface area contributed by atoms with Gasteiger partial charge in [0, 0.05) is 18.6 Å². The van der Waals surface area contributed by atoms with Crippen LogP contribution in [0.5, 0.6) is 0 Å². The van der Waals surface area contributed by atoms with Crippen molar-refractivity contribution < 1.29 is 22.6 Å². The molecular formula is C10H18F3NO2. The van der Waals surface area contributed by atoms with Gasteiger partial charge in [0.15, 0.2) is 0 Å². The molecule has 1 fully saturated rings. The van der Waals surface area contributed by atoms with Gasteiger partial charge in [0.1, 0.15) is 6.61 Å². The van der Waals surface area contributed by atoms with Gasteiger partial charge in [-0.25, -0.2) is 0 Å². The van der Waals surface area contributed by atoms with E-state index >= 15 is 0 Å². The summed E-state index contributed by atoms with van der Waals surface area (Å²) in [6.07, 6.45) is -3.37. The van der Waals surface area contributed by atoms with E-state index in [2.05, 4.69) is 10.1 Å². The number of hydrogen-bond acceptors (Lipinski definition) is 3. The van der Waals surface area contributed by atoms with Crippen molar-refractivity contribution in [3.8, 4) is 0 Å². The van der Waals surface area contributed by atoms with Gasteiger partial charge >= 0.3 is 6.18 Å². The van der Waals surface area contributed by atoms with Crippen molar-refractivity contribution in [2.45, 2.75) is 25.6 Å². The third kappa shape index (κ3) is 5.14. The molecule has 1 heterocycles. The number of halogens is 3. The van der Waals surface area contributed by atoms with Crippen molar-refractivity contribution >= 4 is 0 Å². The number of rotatable bonds is 6. The van der Waals surface area contributed by atoms with Crippen molar-refractivity contribution in [2.24, 2.45) is 5.92 Å². The minimum Gasteiger partial charge on any atom is -0.381 e. The number of ether oxygens (including phenoxy) is 2. The number of nitrogens with one attached hydrogen (secondary N) is 1. The molecule has 2 unspecified atom stereocenters. The van der Waals surface area contributed by atoms with Crippen molar-refractivity contribution in [1.29, 1.82) is 0 Å². The maximum Gasteiger partial charge on any atom is 0.411 e. The Hall–Kier alpha value is -0.330. The maximum atomic E-state index is 11.9. The summed E-state index contributed by atoms with van der Waals surface area (Å²) >= 11 is 0. The summed E-state index contributed by atoms with van der Waals surface area (Å²) in [7, 11) is 0. The Morgan fingerprint density at radius 2 is 2.25 bits per heavy atom. The quantitative estimate of drug-likeness (QED) is 0.766. The first-order valence-electron chi connectivity index (χ1n) is 5.48. The summed E-state index contributed by atoms with van der Waals surface area (Å²) in [5.74, 6) is 0.258. The van der Waals surface area contributed by atoms with E-state index in [1.165, 1.54) is 0 Å². The highest BCUT2D eigenvalue weighted by Gasteiger charge is 2.30. The molecule has 0 bridgehead atoms. The summed E-state index contributed by atoms with van der Waals surface area (Å²) in [6, 6.07) is -0.0464. The Kier molecular flexibility index (Phi) is 5.51. The van der Waals surface area contributed by atoms with Crippen LogP contribution in [0, 0.1) is 5.92 Å². The zero-order valence-corrected chi connectivity index (χ0v) is 9.35. The van der Waals surface area contributed by atoms with Gasteiger partial charge in [0.25, 0.3) is 0 Å². The number of likely N-dealkylation sites (N-methyl/N-ethyl adjacent to an activating group) is 1. The molecule has 1 rings (SSSR count). The van der Waals surface area contributed by atoms with Gasteiger partial charge in [-0.15, -0.1) is 0 Å². The van der Waals surface area contributed by atoms with Crippen LogP contribution in [0.15, 0.2) is 0 Å². The smallest absolute Gasteiger partial charge is 0.381 e. The Morgan fingerprint density at radius 3 is 2.75 bits per heavy atom. The van der Waals surface area contributed by atoms with E-state index in [0.29, 0.717) is 13.2 Å². The molecule has 0 aromatic rings. The van der Waals surface area contributed by atoms with Crippen LogP contribution in [0.4, 0.5) is 13.2 Å². The number of hydrogen-bond donors (Lipinski definition) is 1. The minimum atomic E-state index is -4.25. The van der Waals surface area contributed by atoms with E-state index in [4.69, 9.17) is 4.74 Å². The van der Waals surface area contributed by atoms with Gasteiger partial charge in [-0.2, -0.15) is 13.2 Å². The molecule has 3 nitrogen and oxygen atoms in total. The summed E-state index contributed by atoms with van der Waals surface area (Å²) < 4.78 is 45.6. The van der Waals surface area contributed by atoms with Gasteiger partial charge in [-0.3, -0.25) is 0 Å². The topological polar surface area (TPSA) is 30.5 Å². The Labute approximate surface area is 93.3 Å². The second-order valence-corrected chi connectivity index (χ2v) is 3.92. The van der Waals surface area contributed by atoms with E-state index in [9.17, 15) is 13.2 Å². The molecule has 0 spiro atoms. The van der Waals surface area contributed by atoms with Crippen LogP contribution < -0.4 is 5.32 Å². The summed E-state index contributed by atoms with van der Waals surface area (Å²) in [4.78, 5) is 0. The fraction of sp³-hybridized carbons (Fsp3) is 1.00. The van der Waals surface area contributed by atoms with E-state index in [1.54, 1.807) is 0 Å². The lowest BCUT2D eigenvalue weighted by Crippen LogP contribution is -2.41. The zero-order chi connectivity index (χ0) is 12.0. The number of alkyl halides is 3. The molecule has 96 valence electrons. The normalized spacial score (nSPS) is 23.6. The second-order valence-electron chi connectivity index (χ2n) is 3.92. The van der Waals surface area contributed by atoms with E-state index in [1.807, 2.05) is 6.92 Å². The zero-order valence-electron chi connectivity index (χ0n) is 9.35. The molecule has 6 heteroatoms. The molecule has 0 aromatic heterocycles. The molecule has 0 saturated carbocycles. The third-order valence-corrected chi connectivity index (χ3v) is 2.56. The Balaban J connectivity index is 2.27. The first-order valence-corrected chi connectivity index (χ1v) is 5.48. The van der Waals surface area contributed by atoms with Crippen molar-refractivity contribution in [1.82, 2.24) is 5.32 Å². The Bertz CT molecular complexity index is 193. The van der Waals surface area contributed by atoms with Crippen molar-refractivity contribution in [3.63, 3.8) is 0 Å². The standard InChI is InChI=1S/C10H18F3NO2/c1-2-14-9(8-3-4-15-5-8)6-16-7-10(11,12)13/h8-9,14H,2-7H2,1H3. The molecule has 1 aliphatic rings. The maximum absolute atomic E-state index is 11.9. The minimum absolute atomic E-state index is 0.0464. The molecule has 0 amide bonds. The van der Waals surface area contributed by atoms with Gasteiger partial charge < -0.3 is 14.8 Å². The van der Waals surface area contributed by atoms with Crippen LogP contribution in [0.3, 0.4) is 0 Å². The van der Waals surface area contributed by atoms with Gasteiger partial charge in [0.2, 0.25) is 0 Å². The SMILES string of the molecule is CCNC(COCC(F)(F)F)C1CCOC1. The first-order chi connectivity index (χ1) is 7.53. The molecule has 1 saturated heterocycles. The lowest BCUT2D eigenvalue weighted by molar-refractivity contribution is -0.176. The van der Waals surface area contributed by atoms with Gasteiger partial charge in [-0.1, -0.05) is 6.92 Å². The molecule has 0 radical (unpaired) electrons.